The van der Waals surface area contributed by atoms with Gasteiger partial charge in [-0.15, -0.1) is 0 Å². The van der Waals surface area contributed by atoms with Crippen LogP contribution in [0.1, 0.15) is 6.92 Å². The normalized spacial score (nSPS) is 30.7. The number of carbonyl (C=O) groups is 1. The molecule has 2 rings (SSSR count). The molecule has 8 heteroatoms. The number of nitrogens with one attached hydrogen (secondary N) is 1. The second-order valence-corrected chi connectivity index (χ2v) is 6.40. The summed E-state index contributed by atoms with van der Waals surface area (Å²) in [5.41, 5.74) is -0.650. The largest absolute Gasteiger partial charge is 0.497 e. The number of aliphatic hydroxyl groups excluding tert-OH is 3. The summed E-state index contributed by atoms with van der Waals surface area (Å²) in [4.78, 5) is 12.2. The molecule has 1 heterocycles. The van der Waals surface area contributed by atoms with E-state index < -0.39 is 36.4 Å². The Kier molecular flexibility index (Phi) is 6.25. The van der Waals surface area contributed by atoms with Gasteiger partial charge in [0.2, 0.25) is 5.91 Å². The van der Waals surface area contributed by atoms with E-state index in [9.17, 15) is 20.1 Å². The zero-order valence-electron chi connectivity index (χ0n) is 12.9. The highest BCUT2D eigenvalue weighted by Gasteiger charge is 2.45. The van der Waals surface area contributed by atoms with Crippen LogP contribution in [-0.2, 0) is 9.53 Å². The van der Waals surface area contributed by atoms with Gasteiger partial charge < -0.3 is 30.1 Å². The molecule has 1 aliphatic heterocycles. The van der Waals surface area contributed by atoms with Crippen LogP contribution in [0.4, 0.5) is 0 Å². The van der Waals surface area contributed by atoms with Crippen molar-refractivity contribution in [3.63, 3.8) is 0 Å². The van der Waals surface area contributed by atoms with E-state index in [1.54, 1.807) is 19.2 Å². The van der Waals surface area contributed by atoms with Crippen LogP contribution in [0.25, 0.3) is 0 Å². The van der Waals surface area contributed by atoms with Gasteiger partial charge in [-0.1, -0.05) is 11.8 Å². The van der Waals surface area contributed by atoms with Crippen LogP contribution in [0.2, 0.25) is 0 Å². The maximum atomic E-state index is 11.4. The first-order chi connectivity index (χ1) is 11.0. The lowest BCUT2D eigenvalue weighted by Crippen LogP contribution is -2.63. The highest BCUT2D eigenvalue weighted by Crippen LogP contribution is 2.34. The summed E-state index contributed by atoms with van der Waals surface area (Å²) < 4.78 is 10.7. The van der Waals surface area contributed by atoms with Crippen molar-refractivity contribution >= 4 is 17.7 Å². The van der Waals surface area contributed by atoms with E-state index in [0.717, 1.165) is 4.90 Å². The lowest BCUT2D eigenvalue weighted by Gasteiger charge is -2.42. The molecule has 1 aromatic rings. The van der Waals surface area contributed by atoms with E-state index in [2.05, 4.69) is 5.32 Å². The molecule has 1 fully saturated rings. The van der Waals surface area contributed by atoms with Gasteiger partial charge in [0.25, 0.3) is 0 Å². The van der Waals surface area contributed by atoms with Crippen LogP contribution in [0, 0.1) is 0 Å². The Balaban J connectivity index is 2.17. The summed E-state index contributed by atoms with van der Waals surface area (Å²) >= 11 is 1.28. The van der Waals surface area contributed by atoms with E-state index in [1.807, 2.05) is 12.1 Å². The van der Waals surface area contributed by atoms with Crippen molar-refractivity contribution in [3.05, 3.63) is 24.3 Å². The Morgan fingerprint density at radius 3 is 2.48 bits per heavy atom. The first kappa shape index (κ1) is 18.0. The third-order valence-electron chi connectivity index (χ3n) is 3.56. The molecule has 4 N–H and O–H groups in total. The minimum Gasteiger partial charge on any atom is -0.497 e. The van der Waals surface area contributed by atoms with E-state index in [-0.39, 0.29) is 5.91 Å². The zero-order chi connectivity index (χ0) is 17.0. The molecule has 1 aromatic carbocycles. The predicted octanol–water partition coefficient (Wildman–Crippen LogP) is -0.269. The predicted molar refractivity (Wildman–Crippen MR) is 84.2 cm³/mol. The van der Waals surface area contributed by atoms with Crippen LogP contribution in [0.15, 0.2) is 29.2 Å². The Hall–Kier alpha value is -1.32. The molecule has 5 atom stereocenters. The quantitative estimate of drug-likeness (QED) is 0.583. The van der Waals surface area contributed by atoms with Crippen LogP contribution in [0.5, 0.6) is 5.75 Å². The number of methoxy groups -OCH3 is 1. The molecule has 1 saturated heterocycles. The highest BCUT2D eigenvalue weighted by molar-refractivity contribution is 7.99. The fourth-order valence-electron chi connectivity index (χ4n) is 2.36. The van der Waals surface area contributed by atoms with Gasteiger partial charge in [0.1, 0.15) is 29.5 Å². The molecule has 0 saturated carbocycles. The SMILES string of the molecule is COc1ccc(S[C@@H]2O[C@H](CO)[C@@H](O)[C@H](O)[C@H]2NC(C)=O)cc1. The van der Waals surface area contributed by atoms with Gasteiger partial charge in [0.15, 0.2) is 0 Å². The maximum Gasteiger partial charge on any atom is 0.217 e. The standard InChI is InChI=1S/C15H21NO6S/c1-8(18)16-12-14(20)13(19)11(7-17)22-15(12)23-10-5-3-9(21-2)4-6-10/h3-6,11-15,17,19-20H,7H2,1-2H3,(H,16,18)/t11-,12-,13-,14-,15+/m1/s1. The summed E-state index contributed by atoms with van der Waals surface area (Å²) in [5.74, 6) is 0.369. The summed E-state index contributed by atoms with van der Waals surface area (Å²) in [6, 6.07) is 6.42. The van der Waals surface area contributed by atoms with Crippen molar-refractivity contribution in [2.24, 2.45) is 0 Å². The molecule has 0 unspecified atom stereocenters. The van der Waals surface area contributed by atoms with E-state index in [0.29, 0.717) is 5.75 Å². The molecule has 0 radical (unpaired) electrons. The highest BCUT2D eigenvalue weighted by atomic mass is 32.2. The third-order valence-corrected chi connectivity index (χ3v) is 4.74. The Bertz CT molecular complexity index is 525. The van der Waals surface area contributed by atoms with Crippen molar-refractivity contribution in [2.75, 3.05) is 13.7 Å². The lowest BCUT2D eigenvalue weighted by atomic mass is 9.98. The van der Waals surface area contributed by atoms with Crippen LogP contribution >= 0.6 is 11.8 Å². The van der Waals surface area contributed by atoms with Gasteiger partial charge >= 0.3 is 0 Å². The van der Waals surface area contributed by atoms with Gasteiger partial charge in [-0.3, -0.25) is 4.79 Å². The Morgan fingerprint density at radius 2 is 1.96 bits per heavy atom. The van der Waals surface area contributed by atoms with Gasteiger partial charge in [-0.2, -0.15) is 0 Å². The van der Waals surface area contributed by atoms with Crippen molar-refractivity contribution in [1.29, 1.82) is 0 Å². The molecular formula is C15H21NO6S. The summed E-state index contributed by atoms with van der Waals surface area (Å²) in [5, 5.41) is 32.1. The Labute approximate surface area is 138 Å². The minimum atomic E-state index is -1.27. The zero-order valence-corrected chi connectivity index (χ0v) is 13.7. The molecule has 0 aromatic heterocycles. The number of hydrogen-bond acceptors (Lipinski definition) is 7. The summed E-state index contributed by atoms with van der Waals surface area (Å²) in [6.07, 6.45) is -3.42. The molecule has 23 heavy (non-hydrogen) atoms. The van der Waals surface area contributed by atoms with Crippen molar-refractivity contribution in [1.82, 2.24) is 5.32 Å². The minimum absolute atomic E-state index is 0.340. The second kappa shape index (κ2) is 7.98. The van der Waals surface area contributed by atoms with Gasteiger partial charge in [-0.25, -0.2) is 0 Å². The summed E-state index contributed by atoms with van der Waals surface area (Å²) in [6.45, 7) is 0.900. The lowest BCUT2D eigenvalue weighted by molar-refractivity contribution is -0.173. The topological polar surface area (TPSA) is 108 Å². The number of amides is 1. The van der Waals surface area contributed by atoms with Gasteiger partial charge in [-0.05, 0) is 24.3 Å². The monoisotopic (exact) mass is 343 g/mol. The number of thioether (sulfide) groups is 1. The van der Waals surface area contributed by atoms with Crippen LogP contribution < -0.4 is 10.1 Å². The first-order valence-electron chi connectivity index (χ1n) is 7.16. The first-order valence-corrected chi connectivity index (χ1v) is 8.04. The number of carbonyl (C=O) groups excluding carboxylic acids is 1. The third kappa shape index (κ3) is 4.36. The molecule has 0 spiro atoms. The molecule has 0 bridgehead atoms. The van der Waals surface area contributed by atoms with Crippen molar-refractivity contribution in [2.45, 2.75) is 41.6 Å². The average Bonchev–Trinajstić information content (AvgIpc) is 2.54. The number of benzene rings is 1. The molecule has 1 amide bonds. The van der Waals surface area contributed by atoms with Crippen LogP contribution in [0.3, 0.4) is 0 Å². The molecule has 1 aliphatic rings. The van der Waals surface area contributed by atoms with E-state index >= 15 is 0 Å². The average molecular weight is 343 g/mol. The van der Waals surface area contributed by atoms with E-state index in [1.165, 1.54) is 18.7 Å². The fourth-order valence-corrected chi connectivity index (χ4v) is 3.49. The molecular weight excluding hydrogens is 322 g/mol. The Morgan fingerprint density at radius 1 is 1.30 bits per heavy atom. The number of ether oxygens (including phenoxy) is 2. The van der Waals surface area contributed by atoms with Gasteiger partial charge in [0, 0.05) is 11.8 Å². The second-order valence-electron chi connectivity index (χ2n) is 5.23. The number of aliphatic hydroxyl groups is 3. The molecule has 128 valence electrons. The van der Waals surface area contributed by atoms with Crippen molar-refractivity contribution in [3.8, 4) is 5.75 Å². The molecule has 7 nitrogen and oxygen atoms in total. The van der Waals surface area contributed by atoms with Crippen LogP contribution in [-0.4, -0.2) is 64.7 Å². The fraction of sp³-hybridized carbons (Fsp3) is 0.533. The number of rotatable bonds is 5. The van der Waals surface area contributed by atoms with Gasteiger partial charge in [0.05, 0.1) is 19.8 Å². The number of hydrogen-bond donors (Lipinski definition) is 4. The maximum absolute atomic E-state index is 11.4. The van der Waals surface area contributed by atoms with E-state index in [4.69, 9.17) is 9.47 Å². The smallest absolute Gasteiger partial charge is 0.217 e. The molecule has 0 aliphatic carbocycles. The van der Waals surface area contributed by atoms with Crippen molar-refractivity contribution < 1.29 is 29.6 Å². The summed E-state index contributed by atoms with van der Waals surface area (Å²) in [7, 11) is 1.57.